The van der Waals surface area contributed by atoms with Crippen LogP contribution in [0.5, 0.6) is 17.2 Å². The predicted octanol–water partition coefficient (Wildman–Crippen LogP) is 1.41. The summed E-state index contributed by atoms with van der Waals surface area (Å²) in [5, 5.41) is 0. The van der Waals surface area contributed by atoms with Crippen molar-refractivity contribution in [2.75, 3.05) is 39.9 Å². The van der Waals surface area contributed by atoms with Gasteiger partial charge in [-0.15, -0.1) is 0 Å². The first-order valence-electron chi connectivity index (χ1n) is 7.26. The van der Waals surface area contributed by atoms with E-state index in [9.17, 15) is 0 Å². The Balaban J connectivity index is 2.43. The summed E-state index contributed by atoms with van der Waals surface area (Å²) in [4.78, 5) is 7.75. The Bertz CT molecular complexity index is 789. The van der Waals surface area contributed by atoms with Gasteiger partial charge < -0.3 is 30.4 Å². The summed E-state index contributed by atoms with van der Waals surface area (Å²) in [6.45, 7) is 0. The molecule has 8 nitrogen and oxygen atoms in total. The zero-order chi connectivity index (χ0) is 18.4. The van der Waals surface area contributed by atoms with E-state index in [4.69, 9.17) is 30.4 Å². The Hall–Kier alpha value is -3.18. The Morgan fingerprint density at radius 3 is 2.12 bits per heavy atom. The number of aromatic nitrogens is 2. The molecule has 0 saturated heterocycles. The fourth-order valence-electron chi connectivity index (χ4n) is 2.18. The predicted molar refractivity (Wildman–Crippen MR) is 93.6 cm³/mol. The minimum absolute atomic E-state index is 0.0935. The lowest BCUT2D eigenvalue weighted by Gasteiger charge is -2.16. The maximum atomic E-state index is 5.79. The van der Waals surface area contributed by atoms with Crippen LogP contribution in [0.15, 0.2) is 18.3 Å². The highest BCUT2D eigenvalue weighted by molar-refractivity contribution is 5.56. The van der Waals surface area contributed by atoms with Crippen LogP contribution in [0.3, 0.4) is 0 Å². The zero-order valence-corrected chi connectivity index (χ0v) is 14.5. The van der Waals surface area contributed by atoms with Gasteiger partial charge in [0.05, 0.1) is 33.1 Å². The molecule has 2 rings (SSSR count). The highest BCUT2D eigenvalue weighted by Crippen LogP contribution is 2.40. The molecular formula is C17H20N4O4. The minimum Gasteiger partial charge on any atom is -0.493 e. The highest BCUT2D eigenvalue weighted by atomic mass is 16.5. The second kappa shape index (κ2) is 8.08. The molecule has 0 fully saturated rings. The fraction of sp³-hybridized carbons (Fsp3) is 0.294. The SMILES string of the molecule is COc1cc([C@H](C#Cc2cnc(N)nc2N)OC)cc(OC)c1OC. The van der Waals surface area contributed by atoms with E-state index in [0.29, 0.717) is 22.8 Å². The normalized spacial score (nSPS) is 11.2. The van der Waals surface area contributed by atoms with Gasteiger partial charge in [-0.1, -0.05) is 11.8 Å². The van der Waals surface area contributed by atoms with Crippen molar-refractivity contribution < 1.29 is 18.9 Å². The summed E-state index contributed by atoms with van der Waals surface area (Å²) in [5.74, 6) is 7.69. The summed E-state index contributed by atoms with van der Waals surface area (Å²) in [6.07, 6.45) is 0.915. The smallest absolute Gasteiger partial charge is 0.221 e. The van der Waals surface area contributed by atoms with Gasteiger partial charge in [0.1, 0.15) is 11.9 Å². The quantitative estimate of drug-likeness (QED) is 0.782. The highest BCUT2D eigenvalue weighted by Gasteiger charge is 2.17. The number of hydrogen-bond acceptors (Lipinski definition) is 8. The standard InChI is InChI=1S/C17H20N4O4/c1-22-12(6-5-10-9-20-17(19)21-16(10)18)11-7-13(23-2)15(25-4)14(8-11)24-3/h7-9,12H,1-4H3,(H4,18,19,20,21)/t12-/m0/s1. The Labute approximate surface area is 146 Å². The third-order valence-electron chi connectivity index (χ3n) is 3.40. The molecule has 0 aliphatic carbocycles. The van der Waals surface area contributed by atoms with Crippen LogP contribution in [-0.2, 0) is 4.74 Å². The molecule has 1 atom stereocenters. The molecule has 0 saturated carbocycles. The topological polar surface area (TPSA) is 115 Å². The number of nitrogens with two attached hydrogens (primary N) is 2. The fourth-order valence-corrected chi connectivity index (χ4v) is 2.18. The van der Waals surface area contributed by atoms with Gasteiger partial charge in [0.25, 0.3) is 0 Å². The van der Waals surface area contributed by atoms with Crippen molar-refractivity contribution >= 4 is 11.8 Å². The molecule has 132 valence electrons. The number of methoxy groups -OCH3 is 4. The van der Waals surface area contributed by atoms with Crippen LogP contribution < -0.4 is 25.7 Å². The molecule has 8 heteroatoms. The van der Waals surface area contributed by atoms with Crippen molar-refractivity contribution in [2.24, 2.45) is 0 Å². The van der Waals surface area contributed by atoms with Crippen LogP contribution in [0, 0.1) is 11.8 Å². The van der Waals surface area contributed by atoms with Crippen molar-refractivity contribution in [1.82, 2.24) is 9.97 Å². The summed E-state index contributed by atoms with van der Waals surface area (Å²) in [7, 11) is 6.17. The summed E-state index contributed by atoms with van der Waals surface area (Å²) in [5.41, 5.74) is 12.5. The molecule has 1 heterocycles. The molecular weight excluding hydrogens is 324 g/mol. The molecule has 0 aliphatic heterocycles. The number of ether oxygens (including phenoxy) is 4. The second-order valence-corrected chi connectivity index (χ2v) is 4.87. The molecule has 2 aromatic rings. The van der Waals surface area contributed by atoms with E-state index >= 15 is 0 Å². The van der Waals surface area contributed by atoms with E-state index in [2.05, 4.69) is 21.8 Å². The summed E-state index contributed by atoms with van der Waals surface area (Å²) >= 11 is 0. The van der Waals surface area contributed by atoms with Crippen molar-refractivity contribution in [3.05, 3.63) is 29.5 Å². The van der Waals surface area contributed by atoms with Crippen molar-refractivity contribution in [1.29, 1.82) is 0 Å². The lowest BCUT2D eigenvalue weighted by Crippen LogP contribution is -2.03. The van der Waals surface area contributed by atoms with Gasteiger partial charge in [-0.05, 0) is 12.1 Å². The van der Waals surface area contributed by atoms with Crippen LogP contribution in [-0.4, -0.2) is 38.4 Å². The number of rotatable bonds is 5. The molecule has 0 bridgehead atoms. The van der Waals surface area contributed by atoms with Crippen molar-refractivity contribution in [3.63, 3.8) is 0 Å². The van der Waals surface area contributed by atoms with Crippen LogP contribution in [0.4, 0.5) is 11.8 Å². The number of anilines is 2. The molecule has 0 unspecified atom stereocenters. The Kier molecular flexibility index (Phi) is 5.87. The van der Waals surface area contributed by atoms with E-state index in [1.807, 2.05) is 0 Å². The third kappa shape index (κ3) is 4.02. The number of nitrogens with zero attached hydrogens (tertiary/aromatic N) is 2. The van der Waals surface area contributed by atoms with E-state index in [1.54, 1.807) is 33.5 Å². The van der Waals surface area contributed by atoms with E-state index < -0.39 is 6.10 Å². The van der Waals surface area contributed by atoms with Gasteiger partial charge in [-0.2, -0.15) is 4.98 Å². The lowest BCUT2D eigenvalue weighted by molar-refractivity contribution is 0.149. The Morgan fingerprint density at radius 2 is 1.64 bits per heavy atom. The minimum atomic E-state index is -0.550. The molecule has 4 N–H and O–H groups in total. The maximum absolute atomic E-state index is 5.79. The van der Waals surface area contributed by atoms with Crippen LogP contribution in [0.25, 0.3) is 0 Å². The van der Waals surface area contributed by atoms with Gasteiger partial charge in [0, 0.05) is 12.7 Å². The van der Waals surface area contributed by atoms with Gasteiger partial charge in [0.2, 0.25) is 11.7 Å². The third-order valence-corrected chi connectivity index (χ3v) is 3.40. The van der Waals surface area contributed by atoms with Crippen LogP contribution >= 0.6 is 0 Å². The first-order valence-corrected chi connectivity index (χ1v) is 7.26. The van der Waals surface area contributed by atoms with E-state index in [-0.39, 0.29) is 11.8 Å². The van der Waals surface area contributed by atoms with E-state index in [1.165, 1.54) is 13.3 Å². The van der Waals surface area contributed by atoms with Crippen molar-refractivity contribution in [2.45, 2.75) is 6.10 Å². The van der Waals surface area contributed by atoms with Gasteiger partial charge in [-0.3, -0.25) is 0 Å². The molecule has 0 radical (unpaired) electrons. The average molecular weight is 344 g/mol. The van der Waals surface area contributed by atoms with Crippen molar-refractivity contribution in [3.8, 4) is 29.1 Å². The first kappa shape index (κ1) is 18.2. The zero-order valence-electron chi connectivity index (χ0n) is 14.5. The lowest BCUT2D eigenvalue weighted by atomic mass is 10.1. The maximum Gasteiger partial charge on any atom is 0.221 e. The molecule has 1 aromatic heterocycles. The van der Waals surface area contributed by atoms with Gasteiger partial charge in [-0.25, -0.2) is 4.98 Å². The summed E-state index contributed by atoms with van der Waals surface area (Å²) < 4.78 is 21.5. The molecule has 0 spiro atoms. The van der Waals surface area contributed by atoms with Crippen LogP contribution in [0.2, 0.25) is 0 Å². The monoisotopic (exact) mass is 344 g/mol. The number of hydrogen-bond donors (Lipinski definition) is 2. The van der Waals surface area contributed by atoms with Crippen LogP contribution in [0.1, 0.15) is 17.2 Å². The molecule has 25 heavy (non-hydrogen) atoms. The second-order valence-electron chi connectivity index (χ2n) is 4.87. The summed E-state index contributed by atoms with van der Waals surface area (Å²) in [6, 6.07) is 3.54. The van der Waals surface area contributed by atoms with Gasteiger partial charge in [0.15, 0.2) is 11.5 Å². The Morgan fingerprint density at radius 1 is 1.00 bits per heavy atom. The largest absolute Gasteiger partial charge is 0.493 e. The number of benzene rings is 1. The number of nitrogen functional groups attached to an aromatic ring is 2. The molecule has 1 aromatic carbocycles. The molecule has 0 amide bonds. The van der Waals surface area contributed by atoms with E-state index in [0.717, 1.165) is 5.56 Å². The molecule has 0 aliphatic rings. The average Bonchev–Trinajstić information content (AvgIpc) is 2.62. The first-order chi connectivity index (χ1) is 12.0. The van der Waals surface area contributed by atoms with Gasteiger partial charge >= 0.3 is 0 Å².